The van der Waals surface area contributed by atoms with E-state index in [0.717, 1.165) is 12.0 Å². The first-order chi connectivity index (χ1) is 9.21. The Kier molecular flexibility index (Phi) is 6.45. The topological polar surface area (TPSA) is 71.6 Å². The minimum Gasteiger partial charge on any atom is -0.493 e. The lowest BCUT2D eigenvalue weighted by Gasteiger charge is -2.11. The average molecular weight is 283 g/mol. The number of rotatable bonds is 7. The highest BCUT2D eigenvalue weighted by atomic mass is 32.1. The molecule has 0 aromatic heterocycles. The molecular weight excluding hydrogens is 266 g/mol. The van der Waals surface area contributed by atoms with E-state index in [1.807, 2.05) is 18.2 Å². The molecule has 0 fully saturated rings. The van der Waals surface area contributed by atoms with Crippen molar-refractivity contribution in [2.45, 2.75) is 6.42 Å². The Bertz CT molecular complexity index is 440. The molecule has 0 saturated heterocycles. The van der Waals surface area contributed by atoms with E-state index in [4.69, 9.17) is 21.7 Å². The number of hydrogen-bond donors (Lipinski definition) is 3. The molecule has 1 aromatic carbocycles. The molecular formula is C12H17N3O3S. The number of benzene rings is 1. The highest BCUT2D eigenvalue weighted by molar-refractivity contribution is 7.80. The van der Waals surface area contributed by atoms with Crippen molar-refractivity contribution in [2.24, 2.45) is 0 Å². The third-order valence-electron chi connectivity index (χ3n) is 2.39. The second-order valence-corrected chi connectivity index (χ2v) is 3.99. The predicted octanol–water partition coefficient (Wildman–Crippen LogP) is 0.371. The summed E-state index contributed by atoms with van der Waals surface area (Å²) in [6.45, 7) is 0.641. The fourth-order valence-electron chi connectivity index (χ4n) is 1.50. The Morgan fingerprint density at radius 1 is 1.32 bits per heavy atom. The Hall–Kier alpha value is -2.02. The van der Waals surface area contributed by atoms with Crippen molar-refractivity contribution >= 4 is 23.7 Å². The Balaban J connectivity index is 2.45. The van der Waals surface area contributed by atoms with Gasteiger partial charge in [0.1, 0.15) is 0 Å². The number of carbonyl (C=O) groups is 1. The number of nitrogens with one attached hydrogen (secondary N) is 3. The van der Waals surface area contributed by atoms with E-state index < -0.39 is 0 Å². The highest BCUT2D eigenvalue weighted by Gasteiger charge is 2.04. The molecule has 1 amide bonds. The van der Waals surface area contributed by atoms with Crippen molar-refractivity contribution in [1.29, 1.82) is 0 Å². The van der Waals surface area contributed by atoms with Crippen LogP contribution in [0.1, 0.15) is 5.56 Å². The zero-order chi connectivity index (χ0) is 14.1. The van der Waals surface area contributed by atoms with Crippen LogP contribution in [0.4, 0.5) is 0 Å². The summed E-state index contributed by atoms with van der Waals surface area (Å²) in [5.41, 5.74) is 5.87. The fourth-order valence-corrected chi connectivity index (χ4v) is 1.66. The van der Waals surface area contributed by atoms with E-state index in [1.54, 1.807) is 14.2 Å². The van der Waals surface area contributed by atoms with Crippen molar-refractivity contribution in [3.8, 4) is 11.5 Å². The largest absolute Gasteiger partial charge is 0.493 e. The summed E-state index contributed by atoms with van der Waals surface area (Å²) in [5.74, 6) is 1.40. The van der Waals surface area contributed by atoms with Crippen LogP contribution in [0.15, 0.2) is 18.2 Å². The molecule has 19 heavy (non-hydrogen) atoms. The van der Waals surface area contributed by atoms with Gasteiger partial charge in [-0.1, -0.05) is 6.07 Å². The van der Waals surface area contributed by atoms with Crippen LogP contribution in [-0.2, 0) is 11.2 Å². The van der Waals surface area contributed by atoms with E-state index in [1.165, 1.54) is 0 Å². The van der Waals surface area contributed by atoms with Crippen molar-refractivity contribution in [1.82, 2.24) is 16.2 Å². The van der Waals surface area contributed by atoms with Gasteiger partial charge in [-0.05, 0) is 36.3 Å². The molecule has 0 heterocycles. The molecule has 1 rings (SSSR count). The molecule has 104 valence electrons. The molecule has 0 bridgehead atoms. The first-order valence-electron chi connectivity index (χ1n) is 5.65. The van der Waals surface area contributed by atoms with Gasteiger partial charge in [0.15, 0.2) is 16.6 Å². The predicted molar refractivity (Wildman–Crippen MR) is 76.2 cm³/mol. The van der Waals surface area contributed by atoms with E-state index >= 15 is 0 Å². The van der Waals surface area contributed by atoms with E-state index in [2.05, 4.69) is 16.2 Å². The monoisotopic (exact) mass is 283 g/mol. The second-order valence-electron chi connectivity index (χ2n) is 3.58. The third kappa shape index (κ3) is 5.01. The maximum Gasteiger partial charge on any atom is 0.225 e. The normalized spacial score (nSPS) is 9.37. The summed E-state index contributed by atoms with van der Waals surface area (Å²) in [7, 11) is 3.20. The van der Waals surface area contributed by atoms with Gasteiger partial charge in [0.2, 0.25) is 6.41 Å². The van der Waals surface area contributed by atoms with Gasteiger partial charge in [-0.3, -0.25) is 15.6 Å². The van der Waals surface area contributed by atoms with Crippen molar-refractivity contribution in [3.63, 3.8) is 0 Å². The second kappa shape index (κ2) is 8.15. The number of carbonyl (C=O) groups excluding carboxylic acids is 1. The number of hydrogen-bond acceptors (Lipinski definition) is 4. The van der Waals surface area contributed by atoms with Gasteiger partial charge in [0.05, 0.1) is 14.2 Å². The van der Waals surface area contributed by atoms with E-state index in [-0.39, 0.29) is 0 Å². The summed E-state index contributed by atoms with van der Waals surface area (Å²) in [5, 5.41) is 3.33. The van der Waals surface area contributed by atoms with Crippen LogP contribution >= 0.6 is 12.2 Å². The lowest BCUT2D eigenvalue weighted by Crippen LogP contribution is -2.43. The number of methoxy groups -OCH3 is 2. The molecule has 6 nitrogen and oxygen atoms in total. The molecule has 1 aromatic rings. The van der Waals surface area contributed by atoms with Crippen molar-refractivity contribution < 1.29 is 14.3 Å². The van der Waals surface area contributed by atoms with Crippen molar-refractivity contribution in [2.75, 3.05) is 20.8 Å². The smallest absolute Gasteiger partial charge is 0.225 e. The van der Waals surface area contributed by atoms with Gasteiger partial charge in [-0.25, -0.2) is 0 Å². The summed E-state index contributed by atoms with van der Waals surface area (Å²) in [6.07, 6.45) is 1.28. The first-order valence-corrected chi connectivity index (χ1v) is 6.06. The van der Waals surface area contributed by atoms with Crippen LogP contribution < -0.4 is 25.6 Å². The SMILES string of the molecule is COc1ccc(CCNC(=S)NNC=O)cc1OC. The van der Waals surface area contributed by atoms with Crippen LogP contribution in [0.5, 0.6) is 11.5 Å². The summed E-state index contributed by atoms with van der Waals surface area (Å²) in [6, 6.07) is 5.74. The fraction of sp³-hybridized carbons (Fsp3) is 0.333. The molecule has 0 radical (unpaired) electrons. The van der Waals surface area contributed by atoms with Crippen LogP contribution in [0, 0.1) is 0 Å². The Labute approximate surface area is 117 Å². The number of amides is 1. The lowest BCUT2D eigenvalue weighted by atomic mass is 10.1. The molecule has 3 N–H and O–H groups in total. The minimum absolute atomic E-state index is 0.368. The van der Waals surface area contributed by atoms with Crippen LogP contribution in [-0.4, -0.2) is 32.3 Å². The quantitative estimate of drug-likeness (QED) is 0.381. The number of thiocarbonyl (C=S) groups is 1. The molecule has 0 spiro atoms. The molecule has 0 unspecified atom stereocenters. The summed E-state index contributed by atoms with van der Waals surface area (Å²) >= 11 is 4.93. The van der Waals surface area contributed by atoms with Gasteiger partial charge in [-0.2, -0.15) is 0 Å². The minimum atomic E-state index is 0.368. The average Bonchev–Trinajstić information content (AvgIpc) is 2.44. The third-order valence-corrected chi connectivity index (χ3v) is 2.64. The van der Waals surface area contributed by atoms with E-state index in [9.17, 15) is 4.79 Å². The summed E-state index contributed by atoms with van der Waals surface area (Å²) < 4.78 is 10.4. The van der Waals surface area contributed by atoms with Gasteiger partial charge >= 0.3 is 0 Å². The van der Waals surface area contributed by atoms with Gasteiger partial charge in [0.25, 0.3) is 0 Å². The molecule has 7 heteroatoms. The standard InChI is InChI=1S/C12H17N3O3S/c1-17-10-4-3-9(7-11(10)18-2)5-6-13-12(19)15-14-8-16/h3-4,7-8H,5-6H2,1-2H3,(H,14,16)(H2,13,15,19). The lowest BCUT2D eigenvalue weighted by molar-refractivity contribution is -0.110. The molecule has 0 aliphatic heterocycles. The highest BCUT2D eigenvalue weighted by Crippen LogP contribution is 2.27. The summed E-state index contributed by atoms with van der Waals surface area (Å²) in [4.78, 5) is 10.0. The van der Waals surface area contributed by atoms with Crippen molar-refractivity contribution in [3.05, 3.63) is 23.8 Å². The van der Waals surface area contributed by atoms with Crippen LogP contribution in [0.2, 0.25) is 0 Å². The molecule has 0 atom stereocenters. The molecule has 0 aliphatic carbocycles. The van der Waals surface area contributed by atoms with Crippen LogP contribution in [0.25, 0.3) is 0 Å². The Morgan fingerprint density at radius 2 is 2.05 bits per heavy atom. The van der Waals surface area contributed by atoms with E-state index in [0.29, 0.717) is 29.6 Å². The first kappa shape index (κ1) is 15.0. The zero-order valence-corrected chi connectivity index (χ0v) is 11.7. The molecule has 0 aliphatic rings. The van der Waals surface area contributed by atoms with Crippen LogP contribution in [0.3, 0.4) is 0 Å². The maximum absolute atomic E-state index is 10.0. The molecule has 0 saturated carbocycles. The zero-order valence-electron chi connectivity index (χ0n) is 10.9. The maximum atomic E-state index is 10.0. The van der Waals surface area contributed by atoms with Gasteiger partial charge < -0.3 is 14.8 Å². The van der Waals surface area contributed by atoms with Gasteiger partial charge in [0, 0.05) is 6.54 Å². The Morgan fingerprint density at radius 3 is 2.68 bits per heavy atom. The number of hydrazine groups is 1. The number of ether oxygens (including phenoxy) is 2. The van der Waals surface area contributed by atoms with Gasteiger partial charge in [-0.15, -0.1) is 0 Å².